The van der Waals surface area contributed by atoms with Crippen molar-refractivity contribution in [1.29, 1.82) is 0 Å². The van der Waals surface area contributed by atoms with Crippen LogP contribution in [0, 0.1) is 14.9 Å². The Hall–Kier alpha value is -2.81. The zero-order chi connectivity index (χ0) is 24.5. The van der Waals surface area contributed by atoms with E-state index in [1.165, 1.54) is 62.7 Å². The van der Waals surface area contributed by atoms with Gasteiger partial charge in [0.1, 0.15) is 0 Å². The summed E-state index contributed by atoms with van der Waals surface area (Å²) in [7, 11) is -1.94. The summed E-state index contributed by atoms with van der Waals surface area (Å²) >= 11 is 0. The molecule has 0 N–H and O–H groups in total. The molecule has 0 aliphatic rings. The van der Waals surface area contributed by atoms with Gasteiger partial charge in [0.15, 0.2) is 0 Å². The quantitative estimate of drug-likeness (QED) is 0.116. The SMILES string of the molecule is CCCC[Si](C)(c1cc2c(-c3ccccc3)cccc2[cH-]1)c1cc2c(-c3ccccc3)cccc2[cH-]1.[CH3-].[CH3-].[Hf+4]. The van der Waals surface area contributed by atoms with Crippen LogP contribution < -0.4 is 10.4 Å². The molecule has 0 bridgehead atoms. The van der Waals surface area contributed by atoms with Crippen molar-refractivity contribution in [3.05, 3.63) is 136 Å². The average molecular weight is 689 g/mol. The van der Waals surface area contributed by atoms with Crippen molar-refractivity contribution in [3.8, 4) is 22.3 Å². The van der Waals surface area contributed by atoms with E-state index in [0.717, 1.165) is 0 Å². The Bertz CT molecular complexity index is 1500. The molecule has 6 aromatic carbocycles. The van der Waals surface area contributed by atoms with Gasteiger partial charge in [-0.2, -0.15) is 12.1 Å². The van der Waals surface area contributed by atoms with Crippen LogP contribution in [0.5, 0.6) is 0 Å². The molecule has 0 aliphatic carbocycles. The van der Waals surface area contributed by atoms with Crippen molar-refractivity contribution in [2.75, 3.05) is 0 Å². The Morgan fingerprint density at radius 3 is 1.44 bits per heavy atom. The molecule has 0 atom stereocenters. The van der Waals surface area contributed by atoms with Crippen LogP contribution in [0.3, 0.4) is 0 Å². The summed E-state index contributed by atoms with van der Waals surface area (Å²) in [6, 6.07) is 46.5. The summed E-state index contributed by atoms with van der Waals surface area (Å²) in [6.45, 7) is 4.91. The van der Waals surface area contributed by atoms with Gasteiger partial charge in [0.2, 0.25) is 0 Å². The van der Waals surface area contributed by atoms with Gasteiger partial charge in [0.25, 0.3) is 0 Å². The van der Waals surface area contributed by atoms with Crippen molar-refractivity contribution in [2.24, 2.45) is 0 Å². The second-order valence-corrected chi connectivity index (χ2v) is 14.6. The third-order valence-electron chi connectivity index (χ3n) is 7.98. The fourth-order valence-corrected chi connectivity index (χ4v) is 9.68. The molecule has 0 fully saturated rings. The monoisotopic (exact) mass is 690 g/mol. The minimum Gasteiger partial charge on any atom is -0.358 e. The molecule has 0 radical (unpaired) electrons. The molecule has 2 heteroatoms. The van der Waals surface area contributed by atoms with E-state index in [1.54, 1.807) is 10.4 Å². The topological polar surface area (TPSA) is 0 Å². The standard InChI is InChI=1S/C35H32Si.2CH3.Hf/c1-3-4-21-36(2,30-22-28-17-11-19-32(34(28)24-30)26-13-7-5-8-14-26)31-23-29-18-12-20-33(35(29)25-31)27-15-9-6-10-16-27;;;/h5-20,22-25H,3-4,21H2,1-2H3;2*1H3;/q-2;2*-1;+4. The minimum atomic E-state index is -1.94. The molecule has 0 saturated heterocycles. The van der Waals surface area contributed by atoms with Gasteiger partial charge in [-0.3, -0.25) is 0 Å². The van der Waals surface area contributed by atoms with Gasteiger partial charge in [0.05, 0.1) is 8.07 Å². The predicted octanol–water partition coefficient (Wildman–Crippen LogP) is 9.66. The predicted molar refractivity (Wildman–Crippen MR) is 173 cm³/mol. The van der Waals surface area contributed by atoms with Crippen LogP contribution in [-0.2, 0) is 25.8 Å². The van der Waals surface area contributed by atoms with E-state index in [1.807, 2.05) is 0 Å². The fourth-order valence-electron chi connectivity index (χ4n) is 5.83. The van der Waals surface area contributed by atoms with E-state index in [0.29, 0.717) is 0 Å². The second-order valence-electron chi connectivity index (χ2n) is 10.3. The molecule has 6 rings (SSSR count). The number of benzene rings is 4. The van der Waals surface area contributed by atoms with Gasteiger partial charge < -0.3 is 14.9 Å². The maximum absolute atomic E-state index is 2.59. The van der Waals surface area contributed by atoms with Gasteiger partial charge in [-0.1, -0.05) is 116 Å². The molecule has 0 unspecified atom stereocenters. The summed E-state index contributed by atoms with van der Waals surface area (Å²) in [5.41, 5.74) is 5.27. The zero-order valence-corrected chi connectivity index (χ0v) is 28.3. The summed E-state index contributed by atoms with van der Waals surface area (Å²) in [6.07, 6.45) is 2.50. The molecule has 0 heterocycles. The number of unbranched alkanes of at least 4 members (excludes halogenated alkanes) is 1. The first-order valence-electron chi connectivity index (χ1n) is 13.2. The maximum atomic E-state index is 2.59. The Morgan fingerprint density at radius 1 is 0.590 bits per heavy atom. The van der Waals surface area contributed by atoms with E-state index < -0.39 is 8.07 Å². The van der Waals surface area contributed by atoms with Crippen LogP contribution in [0.1, 0.15) is 19.8 Å². The van der Waals surface area contributed by atoms with Gasteiger partial charge in [-0.05, 0) is 11.1 Å². The molecule has 0 spiro atoms. The van der Waals surface area contributed by atoms with Crippen LogP contribution in [0.25, 0.3) is 43.8 Å². The van der Waals surface area contributed by atoms with E-state index in [2.05, 4.69) is 135 Å². The van der Waals surface area contributed by atoms with Crippen LogP contribution in [0.2, 0.25) is 12.6 Å². The largest absolute Gasteiger partial charge is 4.00 e. The summed E-state index contributed by atoms with van der Waals surface area (Å²) in [5, 5.41) is 8.62. The molecular formula is C37H38HfSi. The van der Waals surface area contributed by atoms with Gasteiger partial charge in [-0.15, -0.1) is 68.3 Å². The second kappa shape index (κ2) is 13.0. The first-order valence-corrected chi connectivity index (χ1v) is 15.9. The third-order valence-corrected chi connectivity index (χ3v) is 12.5. The number of hydrogen-bond donors (Lipinski definition) is 0. The van der Waals surface area contributed by atoms with Gasteiger partial charge >= 0.3 is 25.8 Å². The molecule has 6 aromatic rings. The zero-order valence-electron chi connectivity index (χ0n) is 23.7. The minimum absolute atomic E-state index is 0. The van der Waals surface area contributed by atoms with Crippen LogP contribution in [-0.4, -0.2) is 8.07 Å². The Balaban J connectivity index is 0.00000140. The van der Waals surface area contributed by atoms with Crippen LogP contribution in [0.15, 0.2) is 121 Å². The number of hydrogen-bond acceptors (Lipinski definition) is 0. The third kappa shape index (κ3) is 5.74. The fraction of sp³-hybridized carbons (Fsp3) is 0.135. The smallest absolute Gasteiger partial charge is 0.358 e. The molecule has 0 amide bonds. The van der Waals surface area contributed by atoms with Crippen molar-refractivity contribution in [1.82, 2.24) is 0 Å². The molecule has 0 nitrogen and oxygen atoms in total. The normalized spacial score (nSPS) is 11.0. The van der Waals surface area contributed by atoms with E-state index in [9.17, 15) is 0 Å². The molecule has 0 aliphatic heterocycles. The summed E-state index contributed by atoms with van der Waals surface area (Å²) < 4.78 is 0. The number of fused-ring (bicyclic) bond motifs is 2. The molecule has 0 saturated carbocycles. The van der Waals surface area contributed by atoms with Gasteiger partial charge in [-0.25, -0.2) is 0 Å². The van der Waals surface area contributed by atoms with Gasteiger partial charge in [0, 0.05) is 0 Å². The Morgan fingerprint density at radius 2 is 1.03 bits per heavy atom. The first kappa shape index (κ1) is 30.7. The molecule has 194 valence electrons. The molecule has 0 aromatic heterocycles. The van der Waals surface area contributed by atoms with Crippen LogP contribution >= 0.6 is 0 Å². The van der Waals surface area contributed by atoms with E-state index in [4.69, 9.17) is 0 Å². The Kier molecular flexibility index (Phi) is 10.3. The summed E-state index contributed by atoms with van der Waals surface area (Å²) in [4.78, 5) is 0. The average Bonchev–Trinajstić information content (AvgIpc) is 3.58. The van der Waals surface area contributed by atoms with Crippen molar-refractivity contribution < 1.29 is 25.8 Å². The molecule has 39 heavy (non-hydrogen) atoms. The Labute approximate surface area is 255 Å². The summed E-state index contributed by atoms with van der Waals surface area (Å²) in [5.74, 6) is 0. The van der Waals surface area contributed by atoms with Crippen molar-refractivity contribution in [3.63, 3.8) is 0 Å². The van der Waals surface area contributed by atoms with E-state index >= 15 is 0 Å². The van der Waals surface area contributed by atoms with E-state index in [-0.39, 0.29) is 40.7 Å². The van der Waals surface area contributed by atoms with Crippen molar-refractivity contribution in [2.45, 2.75) is 32.4 Å². The van der Waals surface area contributed by atoms with Crippen LogP contribution in [0.4, 0.5) is 0 Å². The molecular weight excluding hydrogens is 651 g/mol. The first-order chi connectivity index (χ1) is 17.7. The maximum Gasteiger partial charge on any atom is 4.00 e. The number of rotatable bonds is 7. The van der Waals surface area contributed by atoms with Crippen molar-refractivity contribution >= 4 is 40.0 Å².